The summed E-state index contributed by atoms with van der Waals surface area (Å²) in [5.74, 6) is 0.286. The number of hydrogen-bond acceptors (Lipinski definition) is 6. The molecule has 0 saturated heterocycles. The van der Waals surface area contributed by atoms with E-state index in [1.165, 1.54) is 21.7 Å². The zero-order valence-corrected chi connectivity index (χ0v) is 32.4. The summed E-state index contributed by atoms with van der Waals surface area (Å²) in [5, 5.41) is 15.7. The van der Waals surface area contributed by atoms with Crippen molar-refractivity contribution in [1.29, 1.82) is 0 Å². The van der Waals surface area contributed by atoms with Gasteiger partial charge in [-0.25, -0.2) is 4.98 Å². The van der Waals surface area contributed by atoms with E-state index in [4.69, 9.17) is 0 Å². The summed E-state index contributed by atoms with van der Waals surface area (Å²) in [6, 6.07) is 18.4. The van der Waals surface area contributed by atoms with Crippen LogP contribution < -0.4 is 0 Å². The number of allylic oxidation sites excluding steroid dienone is 2. The number of thiophene rings is 1. The van der Waals surface area contributed by atoms with Gasteiger partial charge in [0, 0.05) is 70.7 Å². The first-order valence-corrected chi connectivity index (χ1v) is 17.2. The molecule has 47 heavy (non-hydrogen) atoms. The third-order valence-electron chi connectivity index (χ3n) is 9.76. The number of benzene rings is 2. The monoisotopic (exact) mass is 827 g/mol. The number of fused-ring (bicyclic) bond motifs is 2. The number of ketones is 1. The second kappa shape index (κ2) is 15.8. The molecule has 0 unspecified atom stereocenters. The number of carbonyl (C=O) groups is 1. The van der Waals surface area contributed by atoms with Crippen LogP contribution in [0, 0.1) is 16.9 Å². The fourth-order valence-corrected chi connectivity index (χ4v) is 6.29. The number of rotatable bonds is 9. The normalized spacial score (nSPS) is 12.4. The van der Waals surface area contributed by atoms with Crippen LogP contribution >= 0.6 is 11.3 Å². The predicted octanol–water partition coefficient (Wildman–Crippen LogP) is 11.3. The van der Waals surface area contributed by atoms with E-state index < -0.39 is 0 Å². The first-order chi connectivity index (χ1) is 21.8. The first kappa shape index (κ1) is 38.2. The largest absolute Gasteiger partial charge is 0.512 e. The molecule has 0 aliphatic heterocycles. The van der Waals surface area contributed by atoms with E-state index in [1.54, 1.807) is 17.7 Å². The number of hydrogen-bond donors (Lipinski definition) is 1. The third kappa shape index (κ3) is 8.43. The van der Waals surface area contributed by atoms with Gasteiger partial charge in [0.05, 0.1) is 5.69 Å². The Hall–Kier alpha value is -3.25. The van der Waals surface area contributed by atoms with Crippen molar-refractivity contribution in [2.24, 2.45) is 10.8 Å². The van der Waals surface area contributed by atoms with Gasteiger partial charge in [0.25, 0.3) is 0 Å². The van der Waals surface area contributed by atoms with Gasteiger partial charge in [-0.3, -0.25) is 14.8 Å². The molecule has 2 aromatic carbocycles. The van der Waals surface area contributed by atoms with Gasteiger partial charge in [0.2, 0.25) is 0 Å². The molecule has 1 N–H and O–H groups in total. The van der Waals surface area contributed by atoms with Gasteiger partial charge in [-0.15, -0.1) is 40.5 Å². The molecule has 0 bridgehead atoms. The van der Waals surface area contributed by atoms with E-state index >= 15 is 0 Å². The van der Waals surface area contributed by atoms with E-state index in [1.807, 2.05) is 60.0 Å². The van der Waals surface area contributed by atoms with Crippen LogP contribution in [0.15, 0.2) is 78.4 Å². The predicted molar refractivity (Wildman–Crippen MR) is 194 cm³/mol. The summed E-state index contributed by atoms with van der Waals surface area (Å²) >= 11 is 1.71. The summed E-state index contributed by atoms with van der Waals surface area (Å²) in [6.45, 7) is 18.8. The topological polar surface area (TPSA) is 76.0 Å². The minimum atomic E-state index is -0.337. The van der Waals surface area contributed by atoms with E-state index in [-0.39, 0.29) is 47.9 Å². The van der Waals surface area contributed by atoms with Gasteiger partial charge < -0.3 is 5.11 Å². The Kier molecular flexibility index (Phi) is 12.8. The molecule has 5 rings (SSSR count). The van der Waals surface area contributed by atoms with E-state index in [0.717, 1.165) is 59.0 Å². The molecule has 0 aliphatic rings. The molecular formula is C40H48IrN3O2S-. The number of carbonyl (C=O) groups excluding carboxylic acids is 1. The maximum atomic E-state index is 12.2. The molecule has 0 fully saturated rings. The van der Waals surface area contributed by atoms with Crippen molar-refractivity contribution in [1.82, 2.24) is 15.0 Å². The minimum Gasteiger partial charge on any atom is -0.512 e. The zero-order valence-electron chi connectivity index (χ0n) is 29.2. The minimum absolute atomic E-state index is 0. The molecule has 0 aliphatic carbocycles. The van der Waals surface area contributed by atoms with Crippen molar-refractivity contribution in [3.8, 4) is 22.5 Å². The zero-order chi connectivity index (χ0) is 33.7. The quantitative estimate of drug-likeness (QED) is 0.0910. The number of aromatic nitrogens is 3. The Bertz CT molecular complexity index is 1850. The molecule has 251 valence electrons. The molecule has 0 atom stereocenters. The van der Waals surface area contributed by atoms with Crippen molar-refractivity contribution < 1.29 is 30.0 Å². The number of aliphatic hydroxyl groups is 1. The van der Waals surface area contributed by atoms with Gasteiger partial charge in [0.15, 0.2) is 5.78 Å². The fraction of sp³-hybridized carbons (Fsp3) is 0.400. The van der Waals surface area contributed by atoms with Gasteiger partial charge in [-0.2, -0.15) is 0 Å². The number of nitrogens with zero attached hydrogens (tertiary/aromatic N) is 3. The summed E-state index contributed by atoms with van der Waals surface area (Å²) in [5.41, 5.74) is 4.50. The molecule has 0 amide bonds. The van der Waals surface area contributed by atoms with Gasteiger partial charge in [0.1, 0.15) is 12.1 Å². The van der Waals surface area contributed by atoms with Crippen molar-refractivity contribution in [2.75, 3.05) is 0 Å². The number of aliphatic hydroxyl groups excluding tert-OH is 1. The maximum absolute atomic E-state index is 12.2. The van der Waals surface area contributed by atoms with Crippen LogP contribution in [-0.4, -0.2) is 25.8 Å². The van der Waals surface area contributed by atoms with Crippen LogP contribution in [0.2, 0.25) is 0 Å². The van der Waals surface area contributed by atoms with Gasteiger partial charge >= 0.3 is 0 Å². The fourth-order valence-electron chi connectivity index (χ4n) is 5.40. The first-order valence-electron chi connectivity index (χ1n) is 16.3. The van der Waals surface area contributed by atoms with Crippen molar-refractivity contribution in [3.05, 3.63) is 90.0 Å². The molecule has 5 aromatic rings. The van der Waals surface area contributed by atoms with Crippen molar-refractivity contribution in [3.63, 3.8) is 0 Å². The summed E-state index contributed by atoms with van der Waals surface area (Å²) < 4.78 is 1.20. The second-order valence-electron chi connectivity index (χ2n) is 13.6. The molecule has 1 radical (unpaired) electrons. The number of pyridine rings is 1. The molecular weight excluding hydrogens is 779 g/mol. The van der Waals surface area contributed by atoms with E-state index in [0.29, 0.717) is 0 Å². The van der Waals surface area contributed by atoms with E-state index in [9.17, 15) is 9.90 Å². The Balaban J connectivity index is 0.000000290. The molecule has 0 spiro atoms. The Morgan fingerprint density at radius 3 is 2.15 bits per heavy atom. The van der Waals surface area contributed by atoms with Gasteiger partial charge in [-0.05, 0) is 48.6 Å². The average Bonchev–Trinajstić information content (AvgIpc) is 3.56. The van der Waals surface area contributed by atoms with Crippen LogP contribution in [0.25, 0.3) is 43.4 Å². The summed E-state index contributed by atoms with van der Waals surface area (Å²) in [4.78, 5) is 25.7. The van der Waals surface area contributed by atoms with Crippen molar-refractivity contribution in [2.45, 2.75) is 93.4 Å². The second-order valence-corrected chi connectivity index (χ2v) is 14.6. The molecule has 3 heterocycles. The Labute approximate surface area is 298 Å². The van der Waals surface area contributed by atoms with Crippen LogP contribution in [0.4, 0.5) is 0 Å². The average molecular weight is 827 g/mol. The SMILES string of the molecule is CC(C)(C)c1cc(-c2cc(-c3cncc4ccsc34)ncn2)[c-]c2ccccc12.CCC(C)(CC)C(=O)/C=C(\O)C(C)(CC)CC.[Ir]. The van der Waals surface area contributed by atoms with Gasteiger partial charge in [-0.1, -0.05) is 91.5 Å². The smallest absolute Gasteiger partial charge is 0.164 e. The third-order valence-corrected chi connectivity index (χ3v) is 10.7. The molecule has 7 heteroatoms. The Morgan fingerprint density at radius 2 is 1.51 bits per heavy atom. The molecule has 5 nitrogen and oxygen atoms in total. The maximum Gasteiger partial charge on any atom is 0.164 e. The molecule has 0 saturated carbocycles. The van der Waals surface area contributed by atoms with Crippen LogP contribution in [0.5, 0.6) is 0 Å². The van der Waals surface area contributed by atoms with Crippen molar-refractivity contribution >= 4 is 38.0 Å². The van der Waals surface area contributed by atoms with Crippen LogP contribution in [0.3, 0.4) is 0 Å². The van der Waals surface area contributed by atoms with Crippen LogP contribution in [0.1, 0.15) is 93.6 Å². The molecule has 3 aromatic heterocycles. The van der Waals surface area contributed by atoms with Crippen LogP contribution in [-0.2, 0) is 30.3 Å². The summed E-state index contributed by atoms with van der Waals surface area (Å²) in [7, 11) is 0. The summed E-state index contributed by atoms with van der Waals surface area (Å²) in [6.07, 6.45) is 10.2. The Morgan fingerprint density at radius 1 is 0.872 bits per heavy atom. The standard InChI is InChI=1S/C25H20N3S.C15H28O2.Ir/c1-25(2,3)21-11-18(10-16-6-4-5-7-19(16)21)22-12-23(28-15-27-22)20-14-26-13-17-8-9-29-24(17)20;1-7-14(5,8-2)12(16)11-13(17)15(6,9-3)10-4;/h4-9,11-15H,1-3H3;11,16H,7-10H2,1-6H3;/q-1;;/b;12-11-;. The van der Waals surface area contributed by atoms with E-state index in [2.05, 4.69) is 83.6 Å².